The first-order chi connectivity index (χ1) is 21.8. The molecule has 0 aromatic rings. The van der Waals surface area contributed by atoms with Crippen molar-refractivity contribution in [1.82, 2.24) is 0 Å². The Morgan fingerprint density at radius 2 is 0.978 bits per heavy atom. The quantitative estimate of drug-likeness (QED) is 0.0281. The summed E-state index contributed by atoms with van der Waals surface area (Å²) < 4.78 is 32.2. The van der Waals surface area contributed by atoms with Crippen molar-refractivity contribution in [2.45, 2.75) is 154 Å². The number of unbranched alkanes of at least 4 members (excludes halogenated alkanes) is 14. The van der Waals surface area contributed by atoms with Crippen LogP contribution in [-0.4, -0.2) is 65.7 Å². The molecule has 264 valence electrons. The molecule has 0 saturated carbocycles. The highest BCUT2D eigenvalue weighted by atomic mass is 31.2. The number of aliphatic hydroxyl groups is 2. The number of carbonyl (C=O) groups is 2. The number of allylic oxidation sites excluding steroid dienone is 4. The minimum atomic E-state index is -4.62. The van der Waals surface area contributed by atoms with E-state index in [2.05, 4.69) is 38.2 Å². The highest BCUT2D eigenvalue weighted by Gasteiger charge is 2.27. The highest BCUT2D eigenvalue weighted by molar-refractivity contribution is 7.47. The third-order valence-corrected chi connectivity index (χ3v) is 8.12. The van der Waals surface area contributed by atoms with Gasteiger partial charge in [-0.25, -0.2) is 4.57 Å². The molecule has 0 aromatic heterocycles. The third kappa shape index (κ3) is 29.6. The van der Waals surface area contributed by atoms with Crippen molar-refractivity contribution >= 4 is 19.8 Å². The van der Waals surface area contributed by atoms with Gasteiger partial charge in [-0.3, -0.25) is 18.6 Å². The Bertz CT molecular complexity index is 817. The van der Waals surface area contributed by atoms with Crippen LogP contribution in [0.15, 0.2) is 24.3 Å². The number of hydrogen-bond acceptors (Lipinski definition) is 9. The highest BCUT2D eigenvalue weighted by Crippen LogP contribution is 2.43. The van der Waals surface area contributed by atoms with Crippen molar-refractivity contribution < 1.29 is 47.8 Å². The predicted molar refractivity (Wildman–Crippen MR) is 178 cm³/mol. The summed E-state index contributed by atoms with van der Waals surface area (Å²) in [5.74, 6) is -1.04. The van der Waals surface area contributed by atoms with Gasteiger partial charge in [-0.05, 0) is 44.9 Å². The smallest absolute Gasteiger partial charge is 0.457 e. The van der Waals surface area contributed by atoms with Crippen LogP contribution in [0.5, 0.6) is 0 Å². The maximum absolute atomic E-state index is 12.2. The first-order valence-electron chi connectivity index (χ1n) is 17.3. The fourth-order valence-electron chi connectivity index (χ4n) is 4.44. The lowest BCUT2D eigenvalue weighted by Crippen LogP contribution is -2.28. The Labute approximate surface area is 272 Å². The van der Waals surface area contributed by atoms with Gasteiger partial charge in [0.1, 0.15) is 12.2 Å². The molecule has 0 saturated heterocycles. The van der Waals surface area contributed by atoms with E-state index in [4.69, 9.17) is 18.5 Å². The van der Waals surface area contributed by atoms with Crippen molar-refractivity contribution in [3.63, 3.8) is 0 Å². The number of aliphatic hydroxyl groups excluding tert-OH is 2. The van der Waals surface area contributed by atoms with Crippen LogP contribution in [-0.2, 0) is 32.7 Å². The molecule has 45 heavy (non-hydrogen) atoms. The van der Waals surface area contributed by atoms with Gasteiger partial charge in [0.25, 0.3) is 0 Å². The molecule has 0 radical (unpaired) electrons. The lowest BCUT2D eigenvalue weighted by Gasteiger charge is -2.20. The van der Waals surface area contributed by atoms with E-state index in [1.807, 2.05) is 0 Å². The zero-order valence-electron chi connectivity index (χ0n) is 28.1. The number of phosphoric acid groups is 1. The molecule has 0 aromatic carbocycles. The molecular weight excluding hydrogens is 599 g/mol. The fraction of sp³-hybridized carbons (Fsp3) is 0.824. The van der Waals surface area contributed by atoms with Crippen molar-refractivity contribution in [1.29, 1.82) is 0 Å². The Morgan fingerprint density at radius 3 is 1.40 bits per heavy atom. The van der Waals surface area contributed by atoms with Gasteiger partial charge in [-0.15, -0.1) is 0 Å². The minimum Gasteiger partial charge on any atom is -0.457 e. The second-order valence-electron chi connectivity index (χ2n) is 11.5. The summed E-state index contributed by atoms with van der Waals surface area (Å²) in [7, 11) is -4.62. The van der Waals surface area contributed by atoms with Gasteiger partial charge in [0.2, 0.25) is 0 Å². The Balaban J connectivity index is 4.01. The van der Waals surface area contributed by atoms with E-state index in [0.29, 0.717) is 12.8 Å². The van der Waals surface area contributed by atoms with Gasteiger partial charge in [0.15, 0.2) is 0 Å². The lowest BCUT2D eigenvalue weighted by atomic mass is 10.1. The molecule has 0 aliphatic rings. The van der Waals surface area contributed by atoms with Crippen LogP contribution in [0.3, 0.4) is 0 Å². The van der Waals surface area contributed by atoms with Gasteiger partial charge in [0.05, 0.1) is 26.4 Å². The lowest BCUT2D eigenvalue weighted by molar-refractivity contribution is -0.153. The molecular formula is C34H63O10P. The van der Waals surface area contributed by atoms with E-state index < -0.39 is 58.4 Å². The first-order valence-corrected chi connectivity index (χ1v) is 18.8. The Kier molecular flexibility index (Phi) is 30.0. The van der Waals surface area contributed by atoms with Crippen LogP contribution >= 0.6 is 7.82 Å². The monoisotopic (exact) mass is 662 g/mol. The molecule has 0 rings (SSSR count). The van der Waals surface area contributed by atoms with E-state index in [1.54, 1.807) is 0 Å². The number of ether oxygens (including phenoxy) is 2. The Hall–Kier alpha value is -1.55. The van der Waals surface area contributed by atoms with Crippen LogP contribution in [0, 0.1) is 0 Å². The molecule has 0 amide bonds. The van der Waals surface area contributed by atoms with Crippen LogP contribution in [0.2, 0.25) is 0 Å². The summed E-state index contributed by atoms with van der Waals surface area (Å²) in [5, 5.41) is 18.9. The number of phosphoric ester groups is 1. The van der Waals surface area contributed by atoms with Crippen LogP contribution < -0.4 is 0 Å². The molecule has 0 aliphatic carbocycles. The summed E-state index contributed by atoms with van der Waals surface area (Å²) in [5.41, 5.74) is 0. The van der Waals surface area contributed by atoms with Crippen molar-refractivity contribution in [3.8, 4) is 0 Å². The summed E-state index contributed by atoms with van der Waals surface area (Å²) in [6.45, 7) is 2.06. The summed E-state index contributed by atoms with van der Waals surface area (Å²) in [6.07, 6.45) is 26.2. The third-order valence-electron chi connectivity index (χ3n) is 7.17. The van der Waals surface area contributed by atoms with Crippen LogP contribution in [0.1, 0.15) is 142 Å². The molecule has 10 nitrogen and oxygen atoms in total. The number of carbonyl (C=O) groups excluding carboxylic acids is 2. The van der Waals surface area contributed by atoms with E-state index in [-0.39, 0.29) is 12.8 Å². The predicted octanol–water partition coefficient (Wildman–Crippen LogP) is 7.88. The summed E-state index contributed by atoms with van der Waals surface area (Å²) in [4.78, 5) is 34.1. The normalized spacial score (nSPS) is 14.5. The molecule has 0 fully saturated rings. The second-order valence-corrected chi connectivity index (χ2v) is 13.0. The van der Waals surface area contributed by atoms with Crippen molar-refractivity contribution in [3.05, 3.63) is 24.3 Å². The molecule has 3 atom stereocenters. The standard InChI is InChI=1S/C34H63O10P/c1-3-5-7-9-11-12-13-14-15-16-17-18-19-20-22-24-26-34(38)44-32(28-36)30-42-45(39,40)41-29-31(27-35)43-33(37)25-23-21-10-8-6-4-2/h12-13,15-16,31-32,35-36H,3-11,14,17-30H2,1-2H3,(H,39,40)/b13-12-,16-15-. The first kappa shape index (κ1) is 43.5. The van der Waals surface area contributed by atoms with E-state index in [9.17, 15) is 29.3 Å². The molecule has 0 heterocycles. The maximum Gasteiger partial charge on any atom is 0.472 e. The summed E-state index contributed by atoms with van der Waals surface area (Å²) in [6, 6.07) is 0. The number of esters is 2. The molecule has 3 N–H and O–H groups in total. The zero-order valence-corrected chi connectivity index (χ0v) is 29.0. The minimum absolute atomic E-state index is 0.177. The average molecular weight is 663 g/mol. The second kappa shape index (κ2) is 31.1. The maximum atomic E-state index is 12.2. The fourth-order valence-corrected chi connectivity index (χ4v) is 5.22. The van der Waals surface area contributed by atoms with Crippen molar-refractivity contribution in [2.24, 2.45) is 0 Å². The zero-order chi connectivity index (χ0) is 33.4. The molecule has 0 spiro atoms. The SMILES string of the molecule is CCCCCC/C=C\C/C=C\CCCCCCCC(=O)OC(CO)COP(=O)(O)OCC(CO)OC(=O)CCCCCCCC. The van der Waals surface area contributed by atoms with Crippen LogP contribution in [0.25, 0.3) is 0 Å². The van der Waals surface area contributed by atoms with E-state index in [0.717, 1.165) is 70.6 Å². The van der Waals surface area contributed by atoms with Gasteiger partial charge in [0, 0.05) is 12.8 Å². The van der Waals surface area contributed by atoms with Crippen molar-refractivity contribution in [2.75, 3.05) is 26.4 Å². The molecule has 11 heteroatoms. The summed E-state index contributed by atoms with van der Waals surface area (Å²) >= 11 is 0. The van der Waals surface area contributed by atoms with Gasteiger partial charge >= 0.3 is 19.8 Å². The topological polar surface area (TPSA) is 149 Å². The molecule has 0 aliphatic heterocycles. The number of rotatable bonds is 32. The molecule has 3 unspecified atom stereocenters. The number of hydrogen-bond donors (Lipinski definition) is 3. The van der Waals surface area contributed by atoms with Gasteiger partial charge < -0.3 is 24.6 Å². The molecule has 0 bridgehead atoms. The average Bonchev–Trinajstić information content (AvgIpc) is 3.02. The Morgan fingerprint density at radius 1 is 0.600 bits per heavy atom. The van der Waals surface area contributed by atoms with E-state index in [1.165, 1.54) is 32.1 Å². The van der Waals surface area contributed by atoms with Crippen LogP contribution in [0.4, 0.5) is 0 Å². The van der Waals surface area contributed by atoms with Gasteiger partial charge in [-0.2, -0.15) is 0 Å². The van der Waals surface area contributed by atoms with Gasteiger partial charge in [-0.1, -0.05) is 109 Å². The van der Waals surface area contributed by atoms with E-state index >= 15 is 0 Å². The largest absolute Gasteiger partial charge is 0.472 e.